The fraction of sp³-hybridized carbons (Fsp3) is 0.438. The van der Waals surface area contributed by atoms with Gasteiger partial charge < -0.3 is 34.3 Å². The molecule has 11 heteroatoms. The summed E-state index contributed by atoms with van der Waals surface area (Å²) in [6, 6.07) is 11.4. The van der Waals surface area contributed by atoms with Crippen molar-refractivity contribution in [3.63, 3.8) is 0 Å². The smallest absolute Gasteiger partial charge is 0.239 e. The Bertz CT molecular complexity index is 1460. The number of rotatable bonds is 4. The van der Waals surface area contributed by atoms with Crippen molar-refractivity contribution in [2.75, 3.05) is 45.3 Å². The minimum atomic E-state index is -0.262. The molecule has 0 radical (unpaired) electrons. The Kier molecular flexibility index (Phi) is 9.48. The first-order chi connectivity index (χ1) is 20.8. The molecule has 1 unspecified atom stereocenters. The fourth-order valence-corrected chi connectivity index (χ4v) is 5.57. The molecule has 1 aromatic heterocycles. The van der Waals surface area contributed by atoms with Crippen LogP contribution >= 0.6 is 0 Å². The fourth-order valence-electron chi connectivity index (χ4n) is 5.57. The zero-order valence-electron chi connectivity index (χ0n) is 24.9. The lowest BCUT2D eigenvalue weighted by Crippen LogP contribution is -2.42. The van der Waals surface area contributed by atoms with Gasteiger partial charge in [0.05, 0.1) is 32.5 Å². The Morgan fingerprint density at radius 1 is 1.07 bits per heavy atom. The van der Waals surface area contributed by atoms with Crippen molar-refractivity contribution in [3.8, 4) is 17.2 Å². The molecular formula is C32H38N4O7. The second-order valence-corrected chi connectivity index (χ2v) is 10.8. The van der Waals surface area contributed by atoms with Crippen molar-refractivity contribution in [1.82, 2.24) is 15.4 Å². The summed E-state index contributed by atoms with van der Waals surface area (Å²) in [7, 11) is 1.59. The summed E-state index contributed by atoms with van der Waals surface area (Å²) < 4.78 is 22.8. The average Bonchev–Trinajstić information content (AvgIpc) is 3.32. The SMILES string of the molecule is COc1ccc2cc1OCCCCN(C(=O)CCc1c(C)noc1C)CC(=O)NCCOc1ccc3c(c1)NC(=O)CC23. The quantitative estimate of drug-likeness (QED) is 0.438. The third kappa shape index (κ3) is 7.28. The summed E-state index contributed by atoms with van der Waals surface area (Å²) >= 11 is 0. The molecule has 6 bridgehead atoms. The van der Waals surface area contributed by atoms with Crippen molar-refractivity contribution in [2.24, 2.45) is 0 Å². The highest BCUT2D eigenvalue weighted by Crippen LogP contribution is 2.41. The van der Waals surface area contributed by atoms with Gasteiger partial charge in [0.25, 0.3) is 0 Å². The van der Waals surface area contributed by atoms with Crippen LogP contribution in [-0.4, -0.2) is 67.7 Å². The summed E-state index contributed by atoms with van der Waals surface area (Å²) in [4.78, 5) is 40.3. The maximum absolute atomic E-state index is 13.2. The van der Waals surface area contributed by atoms with E-state index in [-0.39, 0.29) is 49.8 Å². The summed E-state index contributed by atoms with van der Waals surface area (Å²) in [5.74, 6) is 1.87. The topological polar surface area (TPSA) is 132 Å². The van der Waals surface area contributed by atoms with Crippen molar-refractivity contribution in [1.29, 1.82) is 0 Å². The van der Waals surface area contributed by atoms with E-state index in [2.05, 4.69) is 15.8 Å². The minimum absolute atomic E-state index is 0.0522. The van der Waals surface area contributed by atoms with Crippen LogP contribution in [0.3, 0.4) is 0 Å². The van der Waals surface area contributed by atoms with Gasteiger partial charge in [-0.25, -0.2) is 0 Å². The number of nitrogens with one attached hydrogen (secondary N) is 2. The molecule has 0 spiro atoms. The molecule has 4 heterocycles. The molecule has 3 amide bonds. The molecule has 2 aromatic carbocycles. The molecule has 3 aliphatic rings. The van der Waals surface area contributed by atoms with E-state index in [0.29, 0.717) is 67.5 Å². The number of hydrogen-bond donors (Lipinski definition) is 2. The Morgan fingerprint density at radius 2 is 1.93 bits per heavy atom. The van der Waals surface area contributed by atoms with Crippen LogP contribution in [0.25, 0.3) is 0 Å². The van der Waals surface area contributed by atoms with E-state index in [4.69, 9.17) is 18.7 Å². The number of amides is 3. The van der Waals surface area contributed by atoms with Crippen LogP contribution < -0.4 is 24.8 Å². The molecule has 2 N–H and O–H groups in total. The van der Waals surface area contributed by atoms with Gasteiger partial charge in [-0.3, -0.25) is 14.4 Å². The number of methoxy groups -OCH3 is 1. The Labute approximate surface area is 250 Å². The standard InChI is InChI=1S/C32H38N4O7/c1-20-24(21(2)43-35-20)9-11-32(39)36-13-4-5-14-42-29-16-22(6-10-28(29)40-3)26-18-30(37)34-27-17-23(7-8-25(26)27)41-15-12-33-31(38)19-36/h6-8,10,16-17,26H,4-5,9,11-15,18-19H2,1-3H3,(H,33,38)(H,34,37). The van der Waals surface area contributed by atoms with E-state index in [1.54, 1.807) is 18.1 Å². The molecule has 1 atom stereocenters. The van der Waals surface area contributed by atoms with Crippen LogP contribution in [0.4, 0.5) is 5.69 Å². The third-order valence-corrected chi connectivity index (χ3v) is 7.88. The van der Waals surface area contributed by atoms with E-state index < -0.39 is 0 Å². The maximum atomic E-state index is 13.2. The van der Waals surface area contributed by atoms with Crippen LogP contribution in [0.2, 0.25) is 0 Å². The molecule has 0 aliphatic carbocycles. The van der Waals surface area contributed by atoms with Crippen LogP contribution in [-0.2, 0) is 20.8 Å². The normalized spacial score (nSPS) is 17.7. The number of carbonyl (C=O) groups excluding carboxylic acids is 3. The first kappa shape index (κ1) is 29.9. The third-order valence-electron chi connectivity index (χ3n) is 7.88. The highest BCUT2D eigenvalue weighted by molar-refractivity contribution is 5.95. The molecule has 0 saturated heterocycles. The second-order valence-electron chi connectivity index (χ2n) is 10.8. The van der Waals surface area contributed by atoms with Crippen LogP contribution in [0, 0.1) is 13.8 Å². The molecule has 0 saturated carbocycles. The molecule has 11 nitrogen and oxygen atoms in total. The minimum Gasteiger partial charge on any atom is -0.493 e. The van der Waals surface area contributed by atoms with Gasteiger partial charge in [0.2, 0.25) is 17.7 Å². The number of ether oxygens (including phenoxy) is 3. The highest BCUT2D eigenvalue weighted by Gasteiger charge is 2.28. The van der Waals surface area contributed by atoms with Crippen LogP contribution in [0.5, 0.6) is 17.2 Å². The zero-order chi connectivity index (χ0) is 30.3. The molecule has 228 valence electrons. The molecule has 43 heavy (non-hydrogen) atoms. The predicted molar refractivity (Wildman–Crippen MR) is 159 cm³/mol. The molecule has 3 aromatic rings. The van der Waals surface area contributed by atoms with E-state index in [1.807, 2.05) is 44.2 Å². The molecule has 6 rings (SSSR count). The number of aromatic nitrogens is 1. The lowest BCUT2D eigenvalue weighted by molar-refractivity contribution is -0.136. The lowest BCUT2D eigenvalue weighted by atomic mass is 9.84. The predicted octanol–water partition coefficient (Wildman–Crippen LogP) is 3.90. The van der Waals surface area contributed by atoms with E-state index in [1.165, 1.54) is 0 Å². The lowest BCUT2D eigenvalue weighted by Gasteiger charge is -2.27. The van der Waals surface area contributed by atoms with Gasteiger partial charge >= 0.3 is 0 Å². The van der Waals surface area contributed by atoms with Gasteiger partial charge in [0.15, 0.2) is 11.5 Å². The van der Waals surface area contributed by atoms with Gasteiger partial charge in [-0.05, 0) is 62.4 Å². The van der Waals surface area contributed by atoms with Crippen molar-refractivity contribution < 1.29 is 33.1 Å². The van der Waals surface area contributed by atoms with E-state index in [9.17, 15) is 14.4 Å². The van der Waals surface area contributed by atoms with E-state index >= 15 is 0 Å². The Balaban J connectivity index is 1.33. The number of hydrogen-bond acceptors (Lipinski definition) is 8. The highest BCUT2D eigenvalue weighted by atomic mass is 16.5. The summed E-state index contributed by atoms with van der Waals surface area (Å²) in [6.07, 6.45) is 2.36. The van der Waals surface area contributed by atoms with Crippen molar-refractivity contribution >= 4 is 23.4 Å². The van der Waals surface area contributed by atoms with Crippen molar-refractivity contribution in [3.05, 3.63) is 64.5 Å². The number of benzene rings is 2. The Hall–Kier alpha value is -4.54. The first-order valence-corrected chi connectivity index (χ1v) is 14.7. The molecular weight excluding hydrogens is 552 g/mol. The van der Waals surface area contributed by atoms with Gasteiger partial charge in [-0.1, -0.05) is 17.3 Å². The number of nitrogens with zero attached hydrogens (tertiary/aromatic N) is 2. The second kappa shape index (κ2) is 13.6. The monoisotopic (exact) mass is 590 g/mol. The van der Waals surface area contributed by atoms with Crippen LogP contribution in [0.1, 0.15) is 59.7 Å². The number of carbonyl (C=O) groups is 3. The number of fused-ring (bicyclic) bond motifs is 12. The van der Waals surface area contributed by atoms with Gasteiger partial charge in [-0.2, -0.15) is 0 Å². The number of anilines is 1. The summed E-state index contributed by atoms with van der Waals surface area (Å²) in [5.41, 5.74) is 4.33. The molecule has 0 fully saturated rings. The van der Waals surface area contributed by atoms with Gasteiger partial charge in [0.1, 0.15) is 18.1 Å². The Morgan fingerprint density at radius 3 is 2.72 bits per heavy atom. The van der Waals surface area contributed by atoms with Gasteiger partial charge in [0, 0.05) is 42.6 Å². The van der Waals surface area contributed by atoms with Gasteiger partial charge in [-0.15, -0.1) is 0 Å². The number of aryl methyl sites for hydroxylation is 2. The largest absolute Gasteiger partial charge is 0.493 e. The first-order valence-electron chi connectivity index (χ1n) is 14.7. The molecule has 3 aliphatic heterocycles. The van der Waals surface area contributed by atoms with E-state index in [0.717, 1.165) is 22.4 Å². The summed E-state index contributed by atoms with van der Waals surface area (Å²) in [6.45, 7) is 4.96. The van der Waals surface area contributed by atoms with Crippen LogP contribution in [0.15, 0.2) is 40.9 Å². The zero-order valence-corrected chi connectivity index (χ0v) is 24.9. The average molecular weight is 591 g/mol. The summed E-state index contributed by atoms with van der Waals surface area (Å²) in [5, 5.41) is 9.77. The van der Waals surface area contributed by atoms with Crippen molar-refractivity contribution in [2.45, 2.75) is 51.9 Å². The maximum Gasteiger partial charge on any atom is 0.239 e.